The lowest BCUT2D eigenvalue weighted by atomic mass is 9.77. The van der Waals surface area contributed by atoms with Gasteiger partial charge in [0.15, 0.2) is 0 Å². The summed E-state index contributed by atoms with van der Waals surface area (Å²) in [5.41, 5.74) is 5.69. The second-order valence-electron chi connectivity index (χ2n) is 12.2. The number of aromatic carboxylic acids is 2. The highest BCUT2D eigenvalue weighted by Crippen LogP contribution is 2.40. The Morgan fingerprint density at radius 2 is 1.00 bits per heavy atom. The molecule has 0 aliphatic heterocycles. The Kier molecular flexibility index (Phi) is 10.9. The van der Waals surface area contributed by atoms with Crippen molar-refractivity contribution in [3.63, 3.8) is 0 Å². The first-order valence-corrected chi connectivity index (χ1v) is 16.5. The maximum absolute atomic E-state index is 12.4. The van der Waals surface area contributed by atoms with E-state index in [2.05, 4.69) is 5.32 Å². The normalized spacial score (nSPS) is 12.6. The van der Waals surface area contributed by atoms with Crippen molar-refractivity contribution in [3.05, 3.63) is 160 Å². The first-order chi connectivity index (χ1) is 23.9. The molecule has 1 saturated carbocycles. The molecule has 3 N–H and O–H groups in total. The van der Waals surface area contributed by atoms with Crippen LogP contribution in [0.5, 0.6) is 17.2 Å². The van der Waals surface area contributed by atoms with E-state index in [1.807, 2.05) is 97.1 Å². The maximum Gasteiger partial charge on any atom is 0.339 e. The maximum atomic E-state index is 12.4. The fraction of sp³-hybridized carbons (Fsp3) is 0.220. The SMILES string of the molecule is O=C(O)c1cc(OCc2ccccc2)c(CNCc2cc(OCc3ccccc3)c(C(=O)O)cc2C2CCC2)cc1OCc1ccccc1. The highest BCUT2D eigenvalue weighted by molar-refractivity contribution is 5.92. The van der Waals surface area contributed by atoms with Crippen molar-refractivity contribution >= 4 is 11.9 Å². The van der Waals surface area contributed by atoms with Crippen LogP contribution in [0.4, 0.5) is 0 Å². The molecule has 5 aromatic rings. The van der Waals surface area contributed by atoms with Crippen molar-refractivity contribution in [1.29, 1.82) is 0 Å². The second-order valence-corrected chi connectivity index (χ2v) is 12.2. The molecule has 0 unspecified atom stereocenters. The van der Waals surface area contributed by atoms with Gasteiger partial charge in [-0.05, 0) is 70.8 Å². The molecule has 0 heterocycles. The van der Waals surface area contributed by atoms with Gasteiger partial charge in [-0.2, -0.15) is 0 Å². The average molecular weight is 658 g/mol. The lowest BCUT2D eigenvalue weighted by Crippen LogP contribution is -2.19. The van der Waals surface area contributed by atoms with Crippen molar-refractivity contribution in [2.45, 2.75) is 58.1 Å². The van der Waals surface area contributed by atoms with Crippen LogP contribution >= 0.6 is 0 Å². The Morgan fingerprint density at radius 1 is 0.571 bits per heavy atom. The van der Waals surface area contributed by atoms with E-state index >= 15 is 0 Å². The molecule has 0 bridgehead atoms. The summed E-state index contributed by atoms with van der Waals surface area (Å²) < 4.78 is 18.4. The Balaban J connectivity index is 1.27. The quantitative estimate of drug-likeness (QED) is 0.0970. The third-order valence-electron chi connectivity index (χ3n) is 8.75. The lowest BCUT2D eigenvalue weighted by Gasteiger charge is -2.29. The minimum Gasteiger partial charge on any atom is -0.489 e. The number of carboxylic acid groups (broad SMARTS) is 2. The molecule has 0 amide bonds. The van der Waals surface area contributed by atoms with Crippen molar-refractivity contribution in [2.75, 3.05) is 0 Å². The summed E-state index contributed by atoms with van der Waals surface area (Å²) in [5, 5.41) is 23.7. The van der Waals surface area contributed by atoms with Crippen molar-refractivity contribution < 1.29 is 34.0 Å². The van der Waals surface area contributed by atoms with Gasteiger partial charge in [0, 0.05) is 18.7 Å². The van der Waals surface area contributed by atoms with Crippen molar-refractivity contribution in [3.8, 4) is 17.2 Å². The average Bonchev–Trinajstić information content (AvgIpc) is 3.10. The molecule has 6 rings (SSSR count). The molecule has 5 aromatic carbocycles. The Labute approximate surface area is 285 Å². The minimum atomic E-state index is -1.11. The first kappa shape index (κ1) is 33.3. The number of ether oxygens (including phenoxy) is 3. The van der Waals surface area contributed by atoms with Crippen LogP contribution in [0.2, 0.25) is 0 Å². The van der Waals surface area contributed by atoms with Crippen molar-refractivity contribution in [1.82, 2.24) is 5.32 Å². The predicted octanol–water partition coefficient (Wildman–Crippen LogP) is 8.38. The van der Waals surface area contributed by atoms with Crippen LogP contribution in [0, 0.1) is 0 Å². The molecule has 8 nitrogen and oxygen atoms in total. The molecule has 49 heavy (non-hydrogen) atoms. The molecule has 0 spiro atoms. The van der Waals surface area contributed by atoms with E-state index in [-0.39, 0.29) is 42.6 Å². The van der Waals surface area contributed by atoms with Gasteiger partial charge in [0.05, 0.1) is 0 Å². The molecule has 1 aliphatic rings. The summed E-state index contributed by atoms with van der Waals surface area (Å²) >= 11 is 0. The van der Waals surface area contributed by atoms with Crippen LogP contribution < -0.4 is 19.5 Å². The lowest BCUT2D eigenvalue weighted by molar-refractivity contribution is 0.0680. The van der Waals surface area contributed by atoms with Gasteiger partial charge in [0.2, 0.25) is 0 Å². The number of hydrogen-bond acceptors (Lipinski definition) is 6. The number of rotatable bonds is 16. The van der Waals surface area contributed by atoms with Gasteiger partial charge >= 0.3 is 11.9 Å². The van der Waals surface area contributed by atoms with Gasteiger partial charge in [0.25, 0.3) is 0 Å². The number of carbonyl (C=O) groups is 2. The van der Waals surface area contributed by atoms with Gasteiger partial charge in [-0.25, -0.2) is 9.59 Å². The number of hydrogen-bond donors (Lipinski definition) is 3. The molecule has 250 valence electrons. The number of benzene rings is 5. The highest BCUT2D eigenvalue weighted by atomic mass is 16.5. The third kappa shape index (κ3) is 8.66. The van der Waals surface area contributed by atoms with Crippen LogP contribution in [-0.4, -0.2) is 22.2 Å². The van der Waals surface area contributed by atoms with E-state index in [0.29, 0.717) is 24.6 Å². The Morgan fingerprint density at radius 3 is 1.45 bits per heavy atom. The topological polar surface area (TPSA) is 114 Å². The fourth-order valence-electron chi connectivity index (χ4n) is 5.88. The summed E-state index contributed by atoms with van der Waals surface area (Å²) in [4.78, 5) is 24.7. The Bertz CT molecular complexity index is 1870. The zero-order valence-electron chi connectivity index (χ0n) is 27.1. The summed E-state index contributed by atoms with van der Waals surface area (Å²) in [7, 11) is 0. The molecule has 1 aliphatic carbocycles. The number of nitrogens with one attached hydrogen (secondary N) is 1. The fourth-order valence-corrected chi connectivity index (χ4v) is 5.88. The van der Waals surface area contributed by atoms with Crippen LogP contribution in [0.1, 0.15) is 79.3 Å². The largest absolute Gasteiger partial charge is 0.489 e. The van der Waals surface area contributed by atoms with E-state index in [9.17, 15) is 19.8 Å². The van der Waals surface area contributed by atoms with Gasteiger partial charge in [-0.1, -0.05) is 97.4 Å². The summed E-state index contributed by atoms with van der Waals surface area (Å²) in [6.07, 6.45) is 3.12. The van der Waals surface area contributed by atoms with E-state index < -0.39 is 11.9 Å². The monoisotopic (exact) mass is 657 g/mol. The van der Waals surface area contributed by atoms with Gasteiger partial charge < -0.3 is 29.7 Å². The van der Waals surface area contributed by atoms with Crippen LogP contribution in [0.25, 0.3) is 0 Å². The summed E-state index contributed by atoms with van der Waals surface area (Å²) in [5.74, 6) is -0.837. The van der Waals surface area contributed by atoms with E-state index in [1.54, 1.807) is 12.1 Å². The first-order valence-electron chi connectivity index (χ1n) is 16.5. The van der Waals surface area contributed by atoms with E-state index in [4.69, 9.17) is 14.2 Å². The molecule has 8 heteroatoms. The zero-order chi connectivity index (χ0) is 34.0. The molecule has 0 aromatic heterocycles. The number of carboxylic acids is 2. The second kappa shape index (κ2) is 16.0. The predicted molar refractivity (Wildman–Crippen MR) is 186 cm³/mol. The Hall–Kier alpha value is -5.60. The van der Waals surface area contributed by atoms with Crippen LogP contribution in [-0.2, 0) is 32.9 Å². The molecular formula is C41H39NO7. The van der Waals surface area contributed by atoms with E-state index in [0.717, 1.165) is 52.6 Å². The highest BCUT2D eigenvalue weighted by Gasteiger charge is 2.26. The molecule has 0 atom stereocenters. The van der Waals surface area contributed by atoms with Crippen LogP contribution in [0.15, 0.2) is 115 Å². The molecule has 1 fully saturated rings. The van der Waals surface area contributed by atoms with Gasteiger partial charge in [-0.3, -0.25) is 0 Å². The summed E-state index contributed by atoms with van der Waals surface area (Å²) in [6, 6.07) is 35.8. The van der Waals surface area contributed by atoms with Gasteiger partial charge in [0.1, 0.15) is 48.2 Å². The minimum absolute atomic E-state index is 0.0134. The summed E-state index contributed by atoms with van der Waals surface area (Å²) in [6.45, 7) is 1.51. The smallest absolute Gasteiger partial charge is 0.339 e. The zero-order valence-corrected chi connectivity index (χ0v) is 27.1. The molecule has 0 radical (unpaired) electrons. The van der Waals surface area contributed by atoms with Crippen molar-refractivity contribution in [2.24, 2.45) is 0 Å². The van der Waals surface area contributed by atoms with Crippen LogP contribution in [0.3, 0.4) is 0 Å². The third-order valence-corrected chi connectivity index (χ3v) is 8.75. The molecular weight excluding hydrogens is 618 g/mol. The standard InChI is InChI=1S/C41H39NO7/c43-40(44)35-21-34(31-17-10-18-31)32(19-38(35)48-26-29-13-6-2-7-14-29)23-42-24-33-20-39(49-27-30-15-8-3-9-16-30)36(41(45)46)22-37(33)47-25-28-11-4-1-5-12-28/h1-9,11-16,19-22,31,42H,10,17-18,23-27H2,(H,43,44)(H,45,46). The van der Waals surface area contributed by atoms with Gasteiger partial charge in [-0.15, -0.1) is 0 Å². The van der Waals surface area contributed by atoms with E-state index in [1.165, 1.54) is 6.07 Å². The molecule has 0 saturated heterocycles.